The van der Waals surface area contributed by atoms with Crippen molar-refractivity contribution in [3.8, 4) is 0 Å². The lowest BCUT2D eigenvalue weighted by molar-refractivity contribution is 0.718. The first-order chi connectivity index (χ1) is 5.43. The summed E-state index contributed by atoms with van der Waals surface area (Å²) >= 11 is 2.10. The maximum Gasteiger partial charge on any atom is 0.0227 e. The molecule has 1 atom stereocenters. The van der Waals surface area contributed by atoms with Crippen molar-refractivity contribution in [3.05, 3.63) is 12.2 Å². The van der Waals surface area contributed by atoms with Crippen LogP contribution in [-0.2, 0) is 0 Å². The largest absolute Gasteiger partial charge is 0.316 e. The molecule has 1 saturated heterocycles. The summed E-state index contributed by atoms with van der Waals surface area (Å²) in [5.41, 5.74) is 0. The summed E-state index contributed by atoms with van der Waals surface area (Å²) in [5, 5.41) is 3.91. The van der Waals surface area contributed by atoms with Gasteiger partial charge < -0.3 is 5.32 Å². The first-order valence-corrected chi connectivity index (χ1v) is 5.41. The Kier molecular flexibility index (Phi) is 4.71. The minimum Gasteiger partial charge on any atom is -0.316 e. The molecule has 11 heavy (non-hydrogen) atoms. The van der Waals surface area contributed by atoms with E-state index in [9.17, 15) is 0 Å². The first-order valence-electron chi connectivity index (χ1n) is 4.36. The second kappa shape index (κ2) is 5.67. The van der Waals surface area contributed by atoms with Gasteiger partial charge in [-0.1, -0.05) is 18.6 Å². The quantitative estimate of drug-likeness (QED) is 0.652. The zero-order valence-electron chi connectivity index (χ0n) is 7.18. The lowest BCUT2D eigenvalue weighted by Crippen LogP contribution is -2.08. The predicted molar refractivity (Wildman–Crippen MR) is 53.2 cm³/mol. The maximum atomic E-state index is 3.11. The van der Waals surface area contributed by atoms with E-state index in [2.05, 4.69) is 29.2 Å². The Labute approximate surface area is 73.6 Å². The molecule has 0 aliphatic carbocycles. The number of nitrogens with one attached hydrogen (secondary N) is 1. The monoisotopic (exact) mass is 171 g/mol. The number of rotatable bonds is 3. The van der Waals surface area contributed by atoms with Gasteiger partial charge in [-0.15, -0.1) is 0 Å². The third-order valence-corrected chi connectivity index (χ3v) is 3.23. The van der Waals surface area contributed by atoms with E-state index in [-0.39, 0.29) is 0 Å². The van der Waals surface area contributed by atoms with Crippen molar-refractivity contribution >= 4 is 11.8 Å². The standard InChI is InChI=1S/C9H17NS/c1-10-7-4-6-9-5-2-3-8-11-9/h4,6,9-10H,2-3,5,7-8H2,1H3/b6-4-. The molecule has 1 rings (SSSR count). The van der Waals surface area contributed by atoms with Gasteiger partial charge in [0.25, 0.3) is 0 Å². The minimum absolute atomic E-state index is 0.803. The Bertz CT molecular complexity index is 117. The molecule has 2 heteroatoms. The molecule has 0 aromatic rings. The number of hydrogen-bond donors (Lipinski definition) is 1. The highest BCUT2D eigenvalue weighted by atomic mass is 32.2. The van der Waals surface area contributed by atoms with Gasteiger partial charge in [-0.05, 0) is 25.6 Å². The lowest BCUT2D eigenvalue weighted by Gasteiger charge is -2.17. The molecule has 1 N–H and O–H groups in total. The third-order valence-electron chi connectivity index (χ3n) is 1.89. The molecule has 0 saturated carbocycles. The maximum absolute atomic E-state index is 3.11. The Morgan fingerprint density at radius 1 is 1.55 bits per heavy atom. The minimum atomic E-state index is 0.803. The van der Waals surface area contributed by atoms with Gasteiger partial charge in [0.05, 0.1) is 0 Å². The Balaban J connectivity index is 2.13. The molecule has 1 fully saturated rings. The van der Waals surface area contributed by atoms with E-state index in [0.717, 1.165) is 11.8 Å². The van der Waals surface area contributed by atoms with Crippen LogP contribution in [0.15, 0.2) is 12.2 Å². The molecule has 1 nitrogen and oxygen atoms in total. The van der Waals surface area contributed by atoms with Crippen molar-refractivity contribution in [2.24, 2.45) is 0 Å². The molecule has 0 spiro atoms. The van der Waals surface area contributed by atoms with Gasteiger partial charge in [-0.3, -0.25) is 0 Å². The van der Waals surface area contributed by atoms with Crippen molar-refractivity contribution in [2.75, 3.05) is 19.3 Å². The number of hydrogen-bond acceptors (Lipinski definition) is 2. The second-order valence-electron chi connectivity index (χ2n) is 2.89. The normalized spacial score (nSPS) is 26.1. The molecule has 1 aliphatic heterocycles. The van der Waals surface area contributed by atoms with Crippen LogP contribution in [0.4, 0.5) is 0 Å². The van der Waals surface area contributed by atoms with E-state index in [0.29, 0.717) is 0 Å². The number of thioether (sulfide) groups is 1. The highest BCUT2D eigenvalue weighted by molar-refractivity contribution is 8.00. The van der Waals surface area contributed by atoms with Crippen LogP contribution in [0.1, 0.15) is 19.3 Å². The molecule has 0 aromatic carbocycles. The molecular weight excluding hydrogens is 154 g/mol. The molecule has 1 heterocycles. The van der Waals surface area contributed by atoms with Crippen molar-refractivity contribution in [1.29, 1.82) is 0 Å². The average molecular weight is 171 g/mol. The van der Waals surface area contributed by atoms with Gasteiger partial charge in [-0.2, -0.15) is 11.8 Å². The third kappa shape index (κ3) is 3.82. The number of likely N-dealkylation sites (N-methyl/N-ethyl adjacent to an activating group) is 1. The van der Waals surface area contributed by atoms with E-state index in [1.54, 1.807) is 0 Å². The van der Waals surface area contributed by atoms with Crippen molar-refractivity contribution in [3.63, 3.8) is 0 Å². The van der Waals surface area contributed by atoms with E-state index < -0.39 is 0 Å². The summed E-state index contributed by atoms with van der Waals surface area (Å²) in [6.07, 6.45) is 8.80. The van der Waals surface area contributed by atoms with Gasteiger partial charge >= 0.3 is 0 Å². The second-order valence-corrected chi connectivity index (χ2v) is 4.24. The van der Waals surface area contributed by atoms with E-state index in [1.807, 2.05) is 7.05 Å². The summed E-state index contributed by atoms with van der Waals surface area (Å²) in [6.45, 7) is 1.01. The molecule has 0 aromatic heterocycles. The van der Waals surface area contributed by atoms with Crippen LogP contribution < -0.4 is 5.32 Å². The van der Waals surface area contributed by atoms with Crippen molar-refractivity contribution in [1.82, 2.24) is 5.32 Å². The molecule has 64 valence electrons. The van der Waals surface area contributed by atoms with Crippen LogP contribution >= 0.6 is 11.8 Å². The SMILES string of the molecule is CNC/C=C\C1CCCCS1. The van der Waals surface area contributed by atoms with Gasteiger partial charge in [-0.25, -0.2) is 0 Å². The van der Waals surface area contributed by atoms with Gasteiger partial charge in [0.1, 0.15) is 0 Å². The van der Waals surface area contributed by atoms with Gasteiger partial charge in [0.2, 0.25) is 0 Å². The zero-order chi connectivity index (χ0) is 7.94. The summed E-state index contributed by atoms with van der Waals surface area (Å²) in [5.74, 6) is 1.36. The average Bonchev–Trinajstić information content (AvgIpc) is 2.07. The van der Waals surface area contributed by atoms with Gasteiger partial charge in [0.15, 0.2) is 0 Å². The lowest BCUT2D eigenvalue weighted by atomic mass is 10.2. The summed E-state index contributed by atoms with van der Waals surface area (Å²) < 4.78 is 0. The van der Waals surface area contributed by atoms with Crippen LogP contribution in [-0.4, -0.2) is 24.6 Å². The van der Waals surface area contributed by atoms with Crippen LogP contribution in [0.3, 0.4) is 0 Å². The first kappa shape index (κ1) is 9.14. The van der Waals surface area contributed by atoms with E-state index >= 15 is 0 Å². The summed E-state index contributed by atoms with van der Waals surface area (Å²) in [7, 11) is 1.98. The summed E-state index contributed by atoms with van der Waals surface area (Å²) in [4.78, 5) is 0. The Morgan fingerprint density at radius 2 is 2.45 bits per heavy atom. The smallest absolute Gasteiger partial charge is 0.0227 e. The van der Waals surface area contributed by atoms with Crippen LogP contribution in [0.2, 0.25) is 0 Å². The molecule has 0 radical (unpaired) electrons. The predicted octanol–water partition coefficient (Wildman–Crippen LogP) is 2.05. The fourth-order valence-corrected chi connectivity index (χ4v) is 2.48. The topological polar surface area (TPSA) is 12.0 Å². The van der Waals surface area contributed by atoms with Crippen LogP contribution in [0.5, 0.6) is 0 Å². The Morgan fingerprint density at radius 3 is 3.09 bits per heavy atom. The highest BCUT2D eigenvalue weighted by Crippen LogP contribution is 2.25. The molecule has 1 unspecified atom stereocenters. The van der Waals surface area contributed by atoms with Crippen molar-refractivity contribution < 1.29 is 0 Å². The fraction of sp³-hybridized carbons (Fsp3) is 0.778. The fourth-order valence-electron chi connectivity index (χ4n) is 1.26. The Hall–Kier alpha value is 0.0500. The van der Waals surface area contributed by atoms with E-state index in [4.69, 9.17) is 0 Å². The molecular formula is C9H17NS. The highest BCUT2D eigenvalue weighted by Gasteiger charge is 2.09. The molecule has 0 amide bonds. The van der Waals surface area contributed by atoms with Crippen molar-refractivity contribution in [2.45, 2.75) is 24.5 Å². The van der Waals surface area contributed by atoms with Gasteiger partial charge in [0, 0.05) is 11.8 Å². The van der Waals surface area contributed by atoms with Crippen LogP contribution in [0.25, 0.3) is 0 Å². The molecule has 1 aliphatic rings. The molecule has 0 bridgehead atoms. The van der Waals surface area contributed by atoms with E-state index in [1.165, 1.54) is 25.0 Å². The zero-order valence-corrected chi connectivity index (χ0v) is 7.99. The summed E-state index contributed by atoms with van der Waals surface area (Å²) in [6, 6.07) is 0. The van der Waals surface area contributed by atoms with Crippen LogP contribution in [0, 0.1) is 0 Å².